The van der Waals surface area contributed by atoms with Crippen LogP contribution in [-0.2, 0) is 0 Å². The molecule has 0 saturated carbocycles. The summed E-state index contributed by atoms with van der Waals surface area (Å²) in [7, 11) is 0. The molecule has 0 saturated heterocycles. The van der Waals surface area contributed by atoms with E-state index in [9.17, 15) is 4.79 Å². The van der Waals surface area contributed by atoms with Gasteiger partial charge in [0.15, 0.2) is 16.6 Å². The molecule has 0 spiro atoms. The van der Waals surface area contributed by atoms with Crippen LogP contribution in [0.15, 0.2) is 17.4 Å². The second-order valence-corrected chi connectivity index (χ2v) is 3.96. The SMILES string of the molecule is CSc1nc2c(Cl)nccn2c1NC(=O)O. The Bertz CT molecular complexity index is 556. The van der Waals surface area contributed by atoms with E-state index in [1.165, 1.54) is 18.0 Å². The smallest absolute Gasteiger partial charge is 0.410 e. The van der Waals surface area contributed by atoms with Crippen molar-refractivity contribution in [3.05, 3.63) is 17.5 Å². The Morgan fingerprint density at radius 2 is 2.44 bits per heavy atom. The molecule has 2 N–H and O–H groups in total. The second-order valence-electron chi connectivity index (χ2n) is 2.81. The summed E-state index contributed by atoms with van der Waals surface area (Å²) in [5, 5.41) is 11.8. The maximum absolute atomic E-state index is 10.7. The molecule has 0 aliphatic rings. The lowest BCUT2D eigenvalue weighted by atomic mass is 10.6. The monoisotopic (exact) mass is 258 g/mol. The third kappa shape index (κ3) is 1.79. The molecule has 2 rings (SSSR count). The number of hydrogen-bond acceptors (Lipinski definition) is 4. The minimum absolute atomic E-state index is 0.233. The van der Waals surface area contributed by atoms with Gasteiger partial charge in [-0.1, -0.05) is 11.6 Å². The molecule has 2 heterocycles. The summed E-state index contributed by atoms with van der Waals surface area (Å²) in [6, 6.07) is 0. The fourth-order valence-corrected chi connectivity index (χ4v) is 1.99. The first-order chi connectivity index (χ1) is 7.63. The Morgan fingerprint density at radius 3 is 3.06 bits per heavy atom. The highest BCUT2D eigenvalue weighted by atomic mass is 35.5. The van der Waals surface area contributed by atoms with Crippen LogP contribution < -0.4 is 5.32 Å². The normalized spacial score (nSPS) is 10.6. The minimum atomic E-state index is -1.15. The lowest BCUT2D eigenvalue weighted by Gasteiger charge is -2.02. The van der Waals surface area contributed by atoms with Crippen molar-refractivity contribution in [2.75, 3.05) is 11.6 Å². The van der Waals surface area contributed by atoms with Gasteiger partial charge in [0.1, 0.15) is 5.03 Å². The number of halogens is 1. The number of amides is 1. The van der Waals surface area contributed by atoms with Gasteiger partial charge in [0.25, 0.3) is 0 Å². The highest BCUT2D eigenvalue weighted by Crippen LogP contribution is 2.28. The standard InChI is InChI=1S/C8H7ClN4O2S/c1-16-7-6(12-8(14)15)13-3-2-10-4(9)5(13)11-7/h2-3,12H,1H3,(H,14,15). The van der Waals surface area contributed by atoms with Gasteiger partial charge in [-0.05, 0) is 6.26 Å². The molecule has 0 atom stereocenters. The summed E-state index contributed by atoms with van der Waals surface area (Å²) < 4.78 is 1.55. The number of nitrogens with one attached hydrogen (secondary N) is 1. The molecule has 84 valence electrons. The van der Waals surface area contributed by atoms with Crippen molar-refractivity contribution >= 4 is 40.9 Å². The predicted octanol–water partition coefficient (Wildman–Crippen LogP) is 2.19. The fourth-order valence-electron chi connectivity index (χ4n) is 1.28. The molecule has 2 aromatic heterocycles. The van der Waals surface area contributed by atoms with E-state index in [1.807, 2.05) is 0 Å². The summed E-state index contributed by atoms with van der Waals surface area (Å²) in [4.78, 5) is 18.7. The van der Waals surface area contributed by atoms with Crippen LogP contribution in [0.3, 0.4) is 0 Å². The molecule has 0 aliphatic heterocycles. The van der Waals surface area contributed by atoms with E-state index in [4.69, 9.17) is 16.7 Å². The van der Waals surface area contributed by atoms with E-state index in [1.54, 1.807) is 16.9 Å². The zero-order valence-corrected chi connectivity index (χ0v) is 9.71. The van der Waals surface area contributed by atoms with E-state index in [2.05, 4.69) is 15.3 Å². The number of hydrogen-bond donors (Lipinski definition) is 2. The zero-order chi connectivity index (χ0) is 11.7. The predicted molar refractivity (Wildman–Crippen MR) is 61.4 cm³/mol. The van der Waals surface area contributed by atoms with Gasteiger partial charge in [0.05, 0.1) is 0 Å². The first kappa shape index (κ1) is 11.0. The van der Waals surface area contributed by atoms with Crippen molar-refractivity contribution in [2.45, 2.75) is 5.03 Å². The van der Waals surface area contributed by atoms with E-state index in [0.717, 1.165) is 0 Å². The minimum Gasteiger partial charge on any atom is -0.465 e. The van der Waals surface area contributed by atoms with Crippen molar-refractivity contribution < 1.29 is 9.90 Å². The van der Waals surface area contributed by atoms with Gasteiger partial charge in [-0.3, -0.25) is 9.72 Å². The van der Waals surface area contributed by atoms with Crippen molar-refractivity contribution in [1.82, 2.24) is 14.4 Å². The van der Waals surface area contributed by atoms with Crippen molar-refractivity contribution in [3.63, 3.8) is 0 Å². The van der Waals surface area contributed by atoms with Gasteiger partial charge >= 0.3 is 6.09 Å². The first-order valence-electron chi connectivity index (χ1n) is 4.20. The van der Waals surface area contributed by atoms with E-state index in [-0.39, 0.29) is 5.15 Å². The van der Waals surface area contributed by atoms with Crippen LogP contribution in [0.1, 0.15) is 0 Å². The molecule has 0 fully saturated rings. The number of carboxylic acid groups (broad SMARTS) is 1. The van der Waals surface area contributed by atoms with Gasteiger partial charge in [-0.15, -0.1) is 11.8 Å². The third-order valence-electron chi connectivity index (χ3n) is 1.89. The van der Waals surface area contributed by atoms with Crippen molar-refractivity contribution in [1.29, 1.82) is 0 Å². The average Bonchev–Trinajstić information content (AvgIpc) is 2.58. The highest BCUT2D eigenvalue weighted by molar-refractivity contribution is 7.98. The van der Waals surface area contributed by atoms with Gasteiger partial charge in [-0.2, -0.15) is 0 Å². The van der Waals surface area contributed by atoms with Gasteiger partial charge in [0.2, 0.25) is 0 Å². The zero-order valence-electron chi connectivity index (χ0n) is 8.14. The second kappa shape index (κ2) is 4.18. The number of aromatic nitrogens is 3. The number of carbonyl (C=O) groups is 1. The Morgan fingerprint density at radius 1 is 1.69 bits per heavy atom. The fraction of sp³-hybridized carbons (Fsp3) is 0.125. The quantitative estimate of drug-likeness (QED) is 0.807. The van der Waals surface area contributed by atoms with E-state index < -0.39 is 6.09 Å². The summed E-state index contributed by atoms with van der Waals surface area (Å²) in [6.07, 6.45) is 3.73. The van der Waals surface area contributed by atoms with Gasteiger partial charge in [-0.25, -0.2) is 14.8 Å². The van der Waals surface area contributed by atoms with Crippen molar-refractivity contribution in [2.24, 2.45) is 0 Å². The van der Waals surface area contributed by atoms with Crippen LogP contribution in [0, 0.1) is 0 Å². The molecule has 2 aromatic rings. The maximum atomic E-state index is 10.7. The number of imidazole rings is 1. The number of rotatable bonds is 2. The van der Waals surface area contributed by atoms with Crippen LogP contribution in [0.25, 0.3) is 5.65 Å². The number of fused-ring (bicyclic) bond motifs is 1. The summed E-state index contributed by atoms with van der Waals surface area (Å²) in [5.74, 6) is 0.374. The van der Waals surface area contributed by atoms with Crippen LogP contribution in [-0.4, -0.2) is 31.8 Å². The molecule has 1 amide bonds. The molecule has 0 aliphatic carbocycles. The molecular weight excluding hydrogens is 252 g/mol. The molecule has 0 aromatic carbocycles. The lowest BCUT2D eigenvalue weighted by Crippen LogP contribution is -2.10. The molecule has 0 radical (unpaired) electrons. The van der Waals surface area contributed by atoms with E-state index in [0.29, 0.717) is 16.5 Å². The molecular formula is C8H7ClN4O2S. The molecule has 6 nitrogen and oxygen atoms in total. The molecule has 8 heteroatoms. The Labute approximate surface area is 99.7 Å². The van der Waals surface area contributed by atoms with Crippen molar-refractivity contribution in [3.8, 4) is 0 Å². The number of anilines is 1. The maximum Gasteiger partial charge on any atom is 0.410 e. The van der Waals surface area contributed by atoms with E-state index >= 15 is 0 Å². The highest BCUT2D eigenvalue weighted by Gasteiger charge is 2.15. The molecule has 0 unspecified atom stereocenters. The lowest BCUT2D eigenvalue weighted by molar-refractivity contribution is 0.209. The topological polar surface area (TPSA) is 79.5 Å². The largest absolute Gasteiger partial charge is 0.465 e. The summed E-state index contributed by atoms with van der Waals surface area (Å²) >= 11 is 7.18. The summed E-state index contributed by atoms with van der Waals surface area (Å²) in [5.41, 5.74) is 0.428. The first-order valence-corrected chi connectivity index (χ1v) is 5.80. The Balaban J connectivity index is 2.68. The average molecular weight is 259 g/mol. The number of thioether (sulfide) groups is 1. The van der Waals surface area contributed by atoms with Crippen LogP contribution in [0.4, 0.5) is 10.6 Å². The Hall–Kier alpha value is -1.47. The van der Waals surface area contributed by atoms with Gasteiger partial charge in [0, 0.05) is 12.4 Å². The molecule has 16 heavy (non-hydrogen) atoms. The number of nitrogens with zero attached hydrogens (tertiary/aromatic N) is 3. The molecule has 0 bridgehead atoms. The van der Waals surface area contributed by atoms with Gasteiger partial charge < -0.3 is 5.11 Å². The van der Waals surface area contributed by atoms with Crippen LogP contribution >= 0.6 is 23.4 Å². The Kier molecular flexibility index (Phi) is 2.88. The third-order valence-corrected chi connectivity index (χ3v) is 2.82. The summed E-state index contributed by atoms with van der Waals surface area (Å²) in [6.45, 7) is 0. The van der Waals surface area contributed by atoms with Crippen LogP contribution in [0.2, 0.25) is 5.15 Å². The van der Waals surface area contributed by atoms with Crippen LogP contribution in [0.5, 0.6) is 0 Å².